The number of aromatic hydroxyl groups is 1. The molecule has 3 heteroatoms. The quantitative estimate of drug-likeness (QED) is 0.869. The van der Waals surface area contributed by atoms with Crippen LogP contribution >= 0.6 is 0 Å². The number of aliphatic hydroxyl groups is 1. The van der Waals surface area contributed by atoms with Gasteiger partial charge in [-0.05, 0) is 42.3 Å². The van der Waals surface area contributed by atoms with Gasteiger partial charge < -0.3 is 14.9 Å². The van der Waals surface area contributed by atoms with Crippen LogP contribution in [-0.4, -0.2) is 10.2 Å². The molecule has 0 heterocycles. The third kappa shape index (κ3) is 3.25. The molecule has 0 aliphatic rings. The number of benzene rings is 2. The fourth-order valence-corrected chi connectivity index (χ4v) is 1.68. The second kappa shape index (κ2) is 5.56. The third-order valence-electron chi connectivity index (χ3n) is 2.66. The van der Waals surface area contributed by atoms with Crippen molar-refractivity contribution in [3.05, 3.63) is 59.7 Å². The Kier molecular flexibility index (Phi) is 3.85. The molecule has 0 unspecified atom stereocenters. The minimum atomic E-state index is -0.505. The average molecular weight is 244 g/mol. The summed E-state index contributed by atoms with van der Waals surface area (Å²) < 4.78 is 5.62. The lowest BCUT2D eigenvalue weighted by Gasteiger charge is -2.09. The standard InChI is InChI=1S/C15H16O3/c1-11(16)13-5-3-7-15(9-13)18-10-12-4-2-6-14(17)8-12/h2-9,11,16-17H,10H2,1H3/t11-/m0/s1. The van der Waals surface area contributed by atoms with Gasteiger partial charge in [-0.3, -0.25) is 0 Å². The molecule has 2 N–H and O–H groups in total. The Labute approximate surface area is 106 Å². The topological polar surface area (TPSA) is 49.7 Å². The fourth-order valence-electron chi connectivity index (χ4n) is 1.68. The number of hydrogen-bond donors (Lipinski definition) is 2. The molecule has 0 amide bonds. The van der Waals surface area contributed by atoms with Crippen LogP contribution in [-0.2, 0) is 6.61 Å². The molecule has 0 aliphatic heterocycles. The number of aliphatic hydroxyl groups excluding tert-OH is 1. The van der Waals surface area contributed by atoms with E-state index < -0.39 is 6.10 Å². The molecule has 2 rings (SSSR count). The van der Waals surface area contributed by atoms with Gasteiger partial charge in [-0.15, -0.1) is 0 Å². The summed E-state index contributed by atoms with van der Waals surface area (Å²) in [5.41, 5.74) is 1.72. The van der Waals surface area contributed by atoms with Gasteiger partial charge in [-0.2, -0.15) is 0 Å². The van der Waals surface area contributed by atoms with Crippen LogP contribution in [0.4, 0.5) is 0 Å². The Balaban J connectivity index is 2.04. The van der Waals surface area contributed by atoms with Crippen LogP contribution in [0, 0.1) is 0 Å². The van der Waals surface area contributed by atoms with Gasteiger partial charge in [-0.1, -0.05) is 24.3 Å². The highest BCUT2D eigenvalue weighted by molar-refractivity contribution is 5.31. The maximum atomic E-state index is 9.48. The fraction of sp³-hybridized carbons (Fsp3) is 0.200. The van der Waals surface area contributed by atoms with Crippen molar-refractivity contribution in [2.24, 2.45) is 0 Å². The first-order valence-corrected chi connectivity index (χ1v) is 5.84. The van der Waals surface area contributed by atoms with Crippen molar-refractivity contribution in [3.8, 4) is 11.5 Å². The van der Waals surface area contributed by atoms with Crippen molar-refractivity contribution in [3.63, 3.8) is 0 Å². The Morgan fingerprint density at radius 3 is 2.61 bits per heavy atom. The first kappa shape index (κ1) is 12.5. The van der Waals surface area contributed by atoms with E-state index in [0.29, 0.717) is 12.4 Å². The van der Waals surface area contributed by atoms with Crippen LogP contribution in [0.3, 0.4) is 0 Å². The third-order valence-corrected chi connectivity index (χ3v) is 2.66. The molecule has 0 saturated carbocycles. The van der Waals surface area contributed by atoms with Crippen molar-refractivity contribution in [1.29, 1.82) is 0 Å². The van der Waals surface area contributed by atoms with Gasteiger partial charge in [-0.25, -0.2) is 0 Å². The van der Waals surface area contributed by atoms with E-state index in [-0.39, 0.29) is 5.75 Å². The van der Waals surface area contributed by atoms with Crippen molar-refractivity contribution < 1.29 is 14.9 Å². The monoisotopic (exact) mass is 244 g/mol. The highest BCUT2D eigenvalue weighted by Gasteiger charge is 2.02. The van der Waals surface area contributed by atoms with E-state index in [4.69, 9.17) is 4.74 Å². The Morgan fingerprint density at radius 2 is 1.89 bits per heavy atom. The highest BCUT2D eigenvalue weighted by atomic mass is 16.5. The van der Waals surface area contributed by atoms with Gasteiger partial charge in [0.25, 0.3) is 0 Å². The molecule has 3 nitrogen and oxygen atoms in total. The van der Waals surface area contributed by atoms with E-state index >= 15 is 0 Å². The summed E-state index contributed by atoms with van der Waals surface area (Å²) in [5.74, 6) is 0.936. The molecule has 0 fully saturated rings. The van der Waals surface area contributed by atoms with Gasteiger partial charge in [0, 0.05) is 0 Å². The first-order chi connectivity index (χ1) is 8.65. The van der Waals surface area contributed by atoms with Gasteiger partial charge >= 0.3 is 0 Å². The molecule has 0 aromatic heterocycles. The molecular weight excluding hydrogens is 228 g/mol. The zero-order valence-corrected chi connectivity index (χ0v) is 10.2. The Bertz CT molecular complexity index is 521. The lowest BCUT2D eigenvalue weighted by atomic mass is 10.1. The molecule has 18 heavy (non-hydrogen) atoms. The van der Waals surface area contributed by atoms with Crippen LogP contribution in [0.25, 0.3) is 0 Å². The molecule has 0 bridgehead atoms. The number of phenolic OH excluding ortho intramolecular Hbond substituents is 1. The van der Waals surface area contributed by atoms with Gasteiger partial charge in [0.2, 0.25) is 0 Å². The van der Waals surface area contributed by atoms with Gasteiger partial charge in [0.15, 0.2) is 0 Å². The van der Waals surface area contributed by atoms with Gasteiger partial charge in [0.05, 0.1) is 6.10 Å². The van der Waals surface area contributed by atoms with E-state index in [0.717, 1.165) is 11.1 Å². The van der Waals surface area contributed by atoms with Crippen LogP contribution < -0.4 is 4.74 Å². The molecule has 0 radical (unpaired) electrons. The summed E-state index contributed by atoms with van der Waals surface area (Å²) in [4.78, 5) is 0. The lowest BCUT2D eigenvalue weighted by molar-refractivity contribution is 0.198. The molecule has 2 aromatic rings. The molecule has 0 spiro atoms. The van der Waals surface area contributed by atoms with E-state index in [1.54, 1.807) is 25.1 Å². The predicted octanol–water partition coefficient (Wildman–Crippen LogP) is 3.02. The first-order valence-electron chi connectivity index (χ1n) is 5.84. The summed E-state index contributed by atoms with van der Waals surface area (Å²) in [6.07, 6.45) is -0.505. The summed E-state index contributed by atoms with van der Waals surface area (Å²) >= 11 is 0. The predicted molar refractivity (Wildman–Crippen MR) is 69.5 cm³/mol. The van der Waals surface area contributed by atoms with Crippen molar-refractivity contribution in [2.45, 2.75) is 19.6 Å². The normalized spacial score (nSPS) is 12.1. The molecular formula is C15H16O3. The number of hydrogen-bond acceptors (Lipinski definition) is 3. The largest absolute Gasteiger partial charge is 0.508 e. The van der Waals surface area contributed by atoms with E-state index in [2.05, 4.69) is 0 Å². The summed E-state index contributed by atoms with van der Waals surface area (Å²) in [7, 11) is 0. The lowest BCUT2D eigenvalue weighted by Crippen LogP contribution is -1.97. The average Bonchev–Trinajstić information content (AvgIpc) is 2.37. The van der Waals surface area contributed by atoms with Crippen molar-refractivity contribution in [1.82, 2.24) is 0 Å². The van der Waals surface area contributed by atoms with Crippen molar-refractivity contribution >= 4 is 0 Å². The number of phenols is 1. The minimum absolute atomic E-state index is 0.230. The van der Waals surface area contributed by atoms with Crippen molar-refractivity contribution in [2.75, 3.05) is 0 Å². The zero-order valence-electron chi connectivity index (χ0n) is 10.2. The van der Waals surface area contributed by atoms with Crippen LogP contribution in [0.2, 0.25) is 0 Å². The number of rotatable bonds is 4. The molecule has 1 atom stereocenters. The second-order valence-corrected chi connectivity index (χ2v) is 4.21. The Morgan fingerprint density at radius 1 is 1.11 bits per heavy atom. The molecule has 0 saturated heterocycles. The second-order valence-electron chi connectivity index (χ2n) is 4.21. The summed E-state index contributed by atoms with van der Waals surface area (Å²) in [6.45, 7) is 2.10. The SMILES string of the molecule is C[C@H](O)c1cccc(OCc2cccc(O)c2)c1. The van der Waals surface area contributed by atoms with Crippen LogP contribution in [0.1, 0.15) is 24.2 Å². The summed E-state index contributed by atoms with van der Waals surface area (Å²) in [6, 6.07) is 14.3. The smallest absolute Gasteiger partial charge is 0.120 e. The highest BCUT2D eigenvalue weighted by Crippen LogP contribution is 2.20. The van der Waals surface area contributed by atoms with Gasteiger partial charge in [0.1, 0.15) is 18.1 Å². The van der Waals surface area contributed by atoms with E-state index in [1.165, 1.54) is 0 Å². The summed E-state index contributed by atoms with van der Waals surface area (Å²) in [5, 5.41) is 18.8. The zero-order chi connectivity index (χ0) is 13.0. The molecule has 0 aliphatic carbocycles. The maximum Gasteiger partial charge on any atom is 0.120 e. The number of ether oxygens (including phenoxy) is 1. The molecule has 2 aromatic carbocycles. The minimum Gasteiger partial charge on any atom is -0.508 e. The van der Waals surface area contributed by atoms with Crippen LogP contribution in [0.15, 0.2) is 48.5 Å². The molecule has 94 valence electrons. The van der Waals surface area contributed by atoms with Crippen LogP contribution in [0.5, 0.6) is 11.5 Å². The van der Waals surface area contributed by atoms with E-state index in [9.17, 15) is 10.2 Å². The van der Waals surface area contributed by atoms with E-state index in [1.807, 2.05) is 30.3 Å². The maximum absolute atomic E-state index is 9.48. The Hall–Kier alpha value is -2.00.